The zero-order chi connectivity index (χ0) is 14.7. The Balaban J connectivity index is 2.37. The first-order valence-corrected chi connectivity index (χ1v) is 6.37. The van der Waals surface area contributed by atoms with E-state index in [1.54, 1.807) is 24.3 Å². The molecule has 0 spiro atoms. The summed E-state index contributed by atoms with van der Waals surface area (Å²) in [4.78, 5) is 11.7. The highest BCUT2D eigenvalue weighted by Gasteiger charge is 2.14. The Morgan fingerprint density at radius 1 is 1.05 bits per heavy atom. The van der Waals surface area contributed by atoms with Crippen LogP contribution in [0.15, 0.2) is 42.5 Å². The van der Waals surface area contributed by atoms with E-state index in [0.29, 0.717) is 0 Å². The van der Waals surface area contributed by atoms with Gasteiger partial charge in [-0.15, -0.1) is 0 Å². The molecule has 2 aromatic carbocycles. The van der Waals surface area contributed by atoms with Gasteiger partial charge in [0.05, 0.1) is 5.56 Å². The van der Waals surface area contributed by atoms with Gasteiger partial charge in [0.25, 0.3) is 5.91 Å². The van der Waals surface area contributed by atoms with Crippen molar-refractivity contribution < 1.29 is 15.0 Å². The fourth-order valence-corrected chi connectivity index (χ4v) is 2.09. The molecule has 0 saturated heterocycles. The summed E-state index contributed by atoms with van der Waals surface area (Å²) in [5.41, 5.74) is 2.21. The highest BCUT2D eigenvalue weighted by atomic mass is 16.3. The Labute approximate surface area is 117 Å². The van der Waals surface area contributed by atoms with Crippen molar-refractivity contribution in [3.8, 4) is 11.5 Å². The minimum absolute atomic E-state index is 0.0361. The standard InChI is InChI=1S/C16H17NO3/c1-10(11-3-6-13(18)7-4-11)12-5-8-15(19)14(9-12)16(20)17-2/h3-10,18-19H,1-2H3,(H,17,20). The van der Waals surface area contributed by atoms with Crippen LogP contribution in [0.5, 0.6) is 11.5 Å². The molecule has 1 amide bonds. The second-order valence-electron chi connectivity index (χ2n) is 4.67. The molecule has 20 heavy (non-hydrogen) atoms. The molecule has 0 aliphatic rings. The van der Waals surface area contributed by atoms with Crippen LogP contribution >= 0.6 is 0 Å². The number of hydrogen-bond acceptors (Lipinski definition) is 3. The molecule has 1 atom stereocenters. The first kappa shape index (κ1) is 13.9. The van der Waals surface area contributed by atoms with E-state index in [1.165, 1.54) is 13.1 Å². The van der Waals surface area contributed by atoms with E-state index < -0.39 is 0 Å². The Morgan fingerprint density at radius 3 is 2.25 bits per heavy atom. The molecule has 0 saturated carbocycles. The van der Waals surface area contributed by atoms with Gasteiger partial charge in [-0.2, -0.15) is 0 Å². The number of nitrogens with one attached hydrogen (secondary N) is 1. The zero-order valence-corrected chi connectivity index (χ0v) is 11.4. The number of benzene rings is 2. The number of rotatable bonds is 3. The van der Waals surface area contributed by atoms with Gasteiger partial charge < -0.3 is 15.5 Å². The lowest BCUT2D eigenvalue weighted by Crippen LogP contribution is -2.18. The van der Waals surface area contributed by atoms with Gasteiger partial charge in [0.1, 0.15) is 11.5 Å². The van der Waals surface area contributed by atoms with Gasteiger partial charge in [0.15, 0.2) is 0 Å². The molecule has 3 N–H and O–H groups in total. The second-order valence-corrected chi connectivity index (χ2v) is 4.67. The van der Waals surface area contributed by atoms with E-state index in [1.807, 2.05) is 19.1 Å². The van der Waals surface area contributed by atoms with Gasteiger partial charge in [-0.3, -0.25) is 4.79 Å². The largest absolute Gasteiger partial charge is 0.508 e. The van der Waals surface area contributed by atoms with Crippen molar-refractivity contribution in [1.29, 1.82) is 0 Å². The van der Waals surface area contributed by atoms with Crippen molar-refractivity contribution in [2.24, 2.45) is 0 Å². The molecule has 0 heterocycles. The van der Waals surface area contributed by atoms with Crippen LogP contribution in [0.2, 0.25) is 0 Å². The number of hydrogen-bond donors (Lipinski definition) is 3. The third-order valence-corrected chi connectivity index (χ3v) is 3.39. The minimum atomic E-state index is -0.317. The molecule has 0 aliphatic heterocycles. The van der Waals surface area contributed by atoms with Gasteiger partial charge in [-0.25, -0.2) is 0 Å². The topological polar surface area (TPSA) is 69.6 Å². The van der Waals surface area contributed by atoms with Crippen molar-refractivity contribution in [3.63, 3.8) is 0 Å². The number of carbonyl (C=O) groups is 1. The maximum Gasteiger partial charge on any atom is 0.254 e. The van der Waals surface area contributed by atoms with E-state index in [9.17, 15) is 15.0 Å². The summed E-state index contributed by atoms with van der Waals surface area (Å²) < 4.78 is 0. The molecular formula is C16H17NO3. The summed E-state index contributed by atoms with van der Waals surface area (Å²) in [5.74, 6) is -0.0782. The third kappa shape index (κ3) is 2.74. The van der Waals surface area contributed by atoms with Crippen LogP contribution in [0.4, 0.5) is 0 Å². The smallest absolute Gasteiger partial charge is 0.254 e. The van der Waals surface area contributed by atoms with Crippen molar-refractivity contribution in [3.05, 3.63) is 59.2 Å². The van der Waals surface area contributed by atoms with Gasteiger partial charge >= 0.3 is 0 Å². The van der Waals surface area contributed by atoms with Crippen LogP contribution in [0.25, 0.3) is 0 Å². The van der Waals surface area contributed by atoms with E-state index in [-0.39, 0.29) is 28.9 Å². The predicted octanol–water partition coefficient (Wildman–Crippen LogP) is 2.61. The summed E-state index contributed by atoms with van der Waals surface area (Å²) in [6.07, 6.45) is 0. The van der Waals surface area contributed by atoms with E-state index >= 15 is 0 Å². The average molecular weight is 271 g/mol. The highest BCUT2D eigenvalue weighted by Crippen LogP contribution is 2.29. The van der Waals surface area contributed by atoms with E-state index in [4.69, 9.17) is 0 Å². The molecule has 2 rings (SSSR count). The third-order valence-electron chi connectivity index (χ3n) is 3.39. The molecule has 0 aromatic heterocycles. The molecule has 4 heteroatoms. The van der Waals surface area contributed by atoms with Crippen LogP contribution in [0, 0.1) is 0 Å². The summed E-state index contributed by atoms with van der Waals surface area (Å²) >= 11 is 0. The second kappa shape index (κ2) is 5.65. The van der Waals surface area contributed by atoms with Gasteiger partial charge in [0, 0.05) is 13.0 Å². The van der Waals surface area contributed by atoms with E-state index in [2.05, 4.69) is 5.32 Å². The van der Waals surface area contributed by atoms with Crippen LogP contribution in [-0.4, -0.2) is 23.2 Å². The number of aromatic hydroxyl groups is 2. The van der Waals surface area contributed by atoms with Crippen LogP contribution in [0.3, 0.4) is 0 Å². The van der Waals surface area contributed by atoms with Crippen molar-refractivity contribution in [2.75, 3.05) is 7.05 Å². The normalized spacial score (nSPS) is 11.9. The molecule has 0 radical (unpaired) electrons. The summed E-state index contributed by atoms with van der Waals surface area (Å²) in [5, 5.41) is 21.5. The highest BCUT2D eigenvalue weighted by molar-refractivity contribution is 5.96. The average Bonchev–Trinajstić information content (AvgIpc) is 2.47. The number of carbonyl (C=O) groups excluding carboxylic acids is 1. The van der Waals surface area contributed by atoms with Crippen LogP contribution in [-0.2, 0) is 0 Å². The Morgan fingerprint density at radius 2 is 1.65 bits per heavy atom. The molecule has 0 bridgehead atoms. The number of phenols is 2. The molecule has 104 valence electrons. The Kier molecular flexibility index (Phi) is 3.94. The molecular weight excluding hydrogens is 254 g/mol. The van der Waals surface area contributed by atoms with E-state index in [0.717, 1.165) is 11.1 Å². The molecule has 2 aromatic rings. The Hall–Kier alpha value is -2.49. The number of amides is 1. The van der Waals surface area contributed by atoms with Crippen molar-refractivity contribution in [1.82, 2.24) is 5.32 Å². The number of phenolic OH excluding ortho intramolecular Hbond substituents is 2. The first-order valence-electron chi connectivity index (χ1n) is 6.37. The minimum Gasteiger partial charge on any atom is -0.508 e. The summed E-state index contributed by atoms with van der Waals surface area (Å²) in [7, 11) is 1.53. The fraction of sp³-hybridized carbons (Fsp3) is 0.188. The summed E-state index contributed by atoms with van der Waals surface area (Å²) in [6, 6.07) is 11.9. The maximum absolute atomic E-state index is 11.7. The first-order chi connectivity index (χ1) is 9.52. The Bertz CT molecular complexity index is 620. The quantitative estimate of drug-likeness (QED) is 0.803. The SMILES string of the molecule is CNC(=O)c1cc(C(C)c2ccc(O)cc2)ccc1O. The summed E-state index contributed by atoms with van der Waals surface area (Å²) in [6.45, 7) is 2.01. The fourth-order valence-electron chi connectivity index (χ4n) is 2.09. The lowest BCUT2D eigenvalue weighted by molar-refractivity contribution is 0.0960. The van der Waals surface area contributed by atoms with Crippen LogP contribution < -0.4 is 5.32 Å². The molecule has 4 nitrogen and oxygen atoms in total. The van der Waals surface area contributed by atoms with Crippen molar-refractivity contribution >= 4 is 5.91 Å². The predicted molar refractivity (Wildman–Crippen MR) is 77.1 cm³/mol. The zero-order valence-electron chi connectivity index (χ0n) is 11.4. The van der Waals surface area contributed by atoms with Gasteiger partial charge in [0.2, 0.25) is 0 Å². The van der Waals surface area contributed by atoms with Gasteiger partial charge in [-0.1, -0.05) is 25.1 Å². The van der Waals surface area contributed by atoms with Crippen LogP contribution in [0.1, 0.15) is 34.3 Å². The maximum atomic E-state index is 11.7. The van der Waals surface area contributed by atoms with Crippen molar-refractivity contribution in [2.45, 2.75) is 12.8 Å². The molecule has 0 fully saturated rings. The lowest BCUT2D eigenvalue weighted by Gasteiger charge is -2.14. The molecule has 1 unspecified atom stereocenters. The van der Waals surface area contributed by atoms with Gasteiger partial charge in [-0.05, 0) is 35.4 Å². The monoisotopic (exact) mass is 271 g/mol. The molecule has 0 aliphatic carbocycles. The lowest BCUT2D eigenvalue weighted by atomic mass is 9.91.